The molecule has 1 unspecified atom stereocenters. The van der Waals surface area contributed by atoms with Crippen LogP contribution in [-0.4, -0.2) is 41.8 Å². The highest BCUT2D eigenvalue weighted by atomic mass is 16.7. The molecule has 2 aliphatic heterocycles. The lowest BCUT2D eigenvalue weighted by atomic mass is 10.0. The third kappa shape index (κ3) is 5.83. The van der Waals surface area contributed by atoms with E-state index in [0.717, 1.165) is 36.5 Å². The number of benzene rings is 2. The maximum atomic E-state index is 12.5. The molecule has 1 atom stereocenters. The van der Waals surface area contributed by atoms with Crippen molar-refractivity contribution >= 4 is 5.91 Å². The molecule has 1 saturated heterocycles. The van der Waals surface area contributed by atoms with E-state index in [1.807, 2.05) is 18.2 Å². The third-order valence-corrected chi connectivity index (χ3v) is 6.39. The number of oxazole rings is 1. The molecule has 1 N–H and O–H groups in total. The molecule has 0 spiro atoms. The first-order valence-corrected chi connectivity index (χ1v) is 12.0. The molecule has 8 heteroatoms. The number of hydrogen-bond acceptors (Lipinski definition) is 7. The lowest BCUT2D eigenvalue weighted by Crippen LogP contribution is -2.32. The molecule has 1 fully saturated rings. The molecule has 5 rings (SSSR count). The van der Waals surface area contributed by atoms with Crippen LogP contribution in [0.1, 0.15) is 51.5 Å². The number of hydrogen-bond donors (Lipinski definition) is 1. The van der Waals surface area contributed by atoms with Crippen LogP contribution in [0, 0.1) is 13.8 Å². The van der Waals surface area contributed by atoms with Crippen LogP contribution >= 0.6 is 0 Å². The van der Waals surface area contributed by atoms with Crippen molar-refractivity contribution in [2.75, 3.05) is 19.9 Å². The van der Waals surface area contributed by atoms with Crippen LogP contribution in [0.15, 0.2) is 47.1 Å². The number of amides is 1. The number of aromatic nitrogens is 1. The van der Waals surface area contributed by atoms with Gasteiger partial charge in [-0.15, -0.1) is 0 Å². The Balaban J connectivity index is 1.29. The largest absolute Gasteiger partial charge is 0.454 e. The summed E-state index contributed by atoms with van der Waals surface area (Å²) in [6, 6.07) is 12.5. The second-order valence-corrected chi connectivity index (χ2v) is 9.23. The summed E-state index contributed by atoms with van der Waals surface area (Å²) in [5.41, 5.74) is 5.09. The minimum absolute atomic E-state index is 0.0836. The van der Waals surface area contributed by atoms with Gasteiger partial charge in [-0.2, -0.15) is 0 Å². The Bertz CT molecular complexity index is 1190. The standard InChI is InChI=1S/C27H31N3O5/c1-18-5-7-21(19(2)10-18)14-30(13-20-6-8-24-25(11-20)35-17-34-24)15-26-29-23(16-33-26)27(31)28-12-22-4-3-9-32-22/h5-8,10-11,16,22H,3-4,9,12-15,17H2,1-2H3,(H,28,31). The highest BCUT2D eigenvalue weighted by Gasteiger charge is 2.20. The number of ether oxygens (including phenoxy) is 3. The van der Waals surface area contributed by atoms with Crippen molar-refractivity contribution in [1.82, 2.24) is 15.2 Å². The second-order valence-electron chi connectivity index (χ2n) is 9.23. The molecule has 1 amide bonds. The number of carbonyl (C=O) groups is 1. The van der Waals surface area contributed by atoms with Gasteiger partial charge in [0.05, 0.1) is 12.6 Å². The minimum Gasteiger partial charge on any atom is -0.454 e. The Hall–Kier alpha value is -3.36. The summed E-state index contributed by atoms with van der Waals surface area (Å²) >= 11 is 0. The number of rotatable bonds is 9. The highest BCUT2D eigenvalue weighted by Crippen LogP contribution is 2.33. The number of aryl methyl sites for hydroxylation is 2. The first kappa shape index (κ1) is 23.4. The SMILES string of the molecule is Cc1ccc(CN(Cc2ccc3c(c2)OCO3)Cc2nc(C(=O)NCC3CCCO3)co2)c(C)c1. The van der Waals surface area contributed by atoms with E-state index in [9.17, 15) is 4.79 Å². The molecule has 35 heavy (non-hydrogen) atoms. The van der Waals surface area contributed by atoms with Gasteiger partial charge >= 0.3 is 0 Å². The zero-order valence-corrected chi connectivity index (χ0v) is 20.2. The summed E-state index contributed by atoms with van der Waals surface area (Å²) in [7, 11) is 0. The molecule has 184 valence electrons. The van der Waals surface area contributed by atoms with E-state index in [1.54, 1.807) is 0 Å². The maximum absolute atomic E-state index is 12.5. The zero-order chi connectivity index (χ0) is 24.2. The van der Waals surface area contributed by atoms with Crippen molar-refractivity contribution in [2.24, 2.45) is 0 Å². The average molecular weight is 478 g/mol. The molecule has 0 radical (unpaired) electrons. The summed E-state index contributed by atoms with van der Waals surface area (Å²) in [5.74, 6) is 1.78. The van der Waals surface area contributed by atoms with Gasteiger partial charge < -0.3 is 23.9 Å². The van der Waals surface area contributed by atoms with Crippen LogP contribution in [0.4, 0.5) is 0 Å². The Kier molecular flexibility index (Phi) is 7.01. The molecule has 1 aromatic heterocycles. The van der Waals surface area contributed by atoms with Crippen molar-refractivity contribution < 1.29 is 23.4 Å². The van der Waals surface area contributed by atoms with Gasteiger partial charge in [-0.05, 0) is 55.5 Å². The Morgan fingerprint density at radius 1 is 1.09 bits per heavy atom. The predicted octanol–water partition coefficient (Wildman–Crippen LogP) is 4.13. The fourth-order valence-electron chi connectivity index (χ4n) is 4.51. The third-order valence-electron chi connectivity index (χ3n) is 6.39. The van der Waals surface area contributed by atoms with Gasteiger partial charge in [-0.1, -0.05) is 29.8 Å². The Labute approximate surface area is 205 Å². The lowest BCUT2D eigenvalue weighted by molar-refractivity contribution is 0.0853. The monoisotopic (exact) mass is 477 g/mol. The summed E-state index contributed by atoms with van der Waals surface area (Å²) in [5, 5.41) is 2.90. The van der Waals surface area contributed by atoms with Crippen molar-refractivity contribution in [2.45, 2.75) is 52.4 Å². The number of fused-ring (bicyclic) bond motifs is 1. The summed E-state index contributed by atoms with van der Waals surface area (Å²) < 4.78 is 22.3. The zero-order valence-electron chi connectivity index (χ0n) is 20.2. The van der Waals surface area contributed by atoms with Crippen molar-refractivity contribution in [3.63, 3.8) is 0 Å². The van der Waals surface area contributed by atoms with Crippen molar-refractivity contribution in [3.05, 3.63) is 76.5 Å². The average Bonchev–Trinajstić information content (AvgIpc) is 3.61. The van der Waals surface area contributed by atoms with E-state index < -0.39 is 0 Å². The molecule has 0 saturated carbocycles. The van der Waals surface area contributed by atoms with Gasteiger partial charge in [0, 0.05) is 26.2 Å². The van der Waals surface area contributed by atoms with Crippen LogP contribution < -0.4 is 14.8 Å². The molecule has 0 bridgehead atoms. The van der Waals surface area contributed by atoms with Gasteiger partial charge in [0.1, 0.15) is 6.26 Å². The summed E-state index contributed by atoms with van der Waals surface area (Å²) in [6.07, 6.45) is 3.52. The molecule has 3 aromatic rings. The molecule has 3 heterocycles. The fourth-order valence-corrected chi connectivity index (χ4v) is 4.51. The van der Waals surface area contributed by atoms with Gasteiger partial charge in [0.25, 0.3) is 5.91 Å². The Morgan fingerprint density at radius 2 is 1.97 bits per heavy atom. The fraction of sp³-hybridized carbons (Fsp3) is 0.407. The normalized spacial score (nSPS) is 16.7. The quantitative estimate of drug-likeness (QED) is 0.496. The van der Waals surface area contributed by atoms with Crippen molar-refractivity contribution in [3.8, 4) is 11.5 Å². The van der Waals surface area contributed by atoms with Crippen LogP contribution in [0.5, 0.6) is 11.5 Å². The van der Waals surface area contributed by atoms with Crippen LogP contribution in [-0.2, 0) is 24.4 Å². The molecule has 0 aliphatic carbocycles. The second kappa shape index (κ2) is 10.5. The molecule has 2 aliphatic rings. The molecule has 2 aromatic carbocycles. The first-order chi connectivity index (χ1) is 17.0. The van der Waals surface area contributed by atoms with E-state index in [4.69, 9.17) is 18.6 Å². The first-order valence-electron chi connectivity index (χ1n) is 12.0. The van der Waals surface area contributed by atoms with E-state index >= 15 is 0 Å². The highest BCUT2D eigenvalue weighted by molar-refractivity contribution is 5.91. The van der Waals surface area contributed by atoms with E-state index in [-0.39, 0.29) is 24.5 Å². The molecule has 8 nitrogen and oxygen atoms in total. The van der Waals surface area contributed by atoms with E-state index in [2.05, 4.69) is 47.2 Å². The maximum Gasteiger partial charge on any atom is 0.273 e. The van der Waals surface area contributed by atoms with Crippen molar-refractivity contribution in [1.29, 1.82) is 0 Å². The van der Waals surface area contributed by atoms with E-state index in [0.29, 0.717) is 32.1 Å². The van der Waals surface area contributed by atoms with Gasteiger partial charge in [0.2, 0.25) is 12.7 Å². The van der Waals surface area contributed by atoms with E-state index in [1.165, 1.54) is 23.0 Å². The van der Waals surface area contributed by atoms with Gasteiger partial charge in [-0.3, -0.25) is 9.69 Å². The lowest BCUT2D eigenvalue weighted by Gasteiger charge is -2.22. The topological polar surface area (TPSA) is 86.1 Å². The van der Waals surface area contributed by atoms with Crippen LogP contribution in [0.2, 0.25) is 0 Å². The van der Waals surface area contributed by atoms with Crippen LogP contribution in [0.25, 0.3) is 0 Å². The number of nitrogens with zero attached hydrogens (tertiary/aromatic N) is 2. The number of nitrogens with one attached hydrogen (secondary N) is 1. The molecular weight excluding hydrogens is 446 g/mol. The summed E-state index contributed by atoms with van der Waals surface area (Å²) in [6.45, 7) is 7.55. The predicted molar refractivity (Wildman–Crippen MR) is 129 cm³/mol. The van der Waals surface area contributed by atoms with Gasteiger partial charge in [0.15, 0.2) is 17.2 Å². The Morgan fingerprint density at radius 3 is 2.80 bits per heavy atom. The summed E-state index contributed by atoms with van der Waals surface area (Å²) in [4.78, 5) is 19.3. The molecular formula is C27H31N3O5. The number of carbonyl (C=O) groups excluding carboxylic acids is 1. The van der Waals surface area contributed by atoms with Crippen LogP contribution in [0.3, 0.4) is 0 Å². The van der Waals surface area contributed by atoms with Gasteiger partial charge in [-0.25, -0.2) is 4.98 Å². The smallest absolute Gasteiger partial charge is 0.273 e. The minimum atomic E-state index is -0.243.